The summed E-state index contributed by atoms with van der Waals surface area (Å²) in [5.41, 5.74) is 2.71. The third-order valence-electron chi connectivity index (χ3n) is 3.63. The van der Waals surface area contributed by atoms with Crippen molar-refractivity contribution >= 4 is 21.9 Å². The summed E-state index contributed by atoms with van der Waals surface area (Å²) in [6, 6.07) is 24.9. The molecule has 0 fully saturated rings. The molecule has 3 rings (SSSR count). The summed E-state index contributed by atoms with van der Waals surface area (Å²) in [5.74, 6) is 0.394. The smallest absolute Gasteiger partial charge is 0.338 e. The molecule has 0 heterocycles. The Kier molecular flexibility index (Phi) is 5.86. The van der Waals surface area contributed by atoms with Crippen molar-refractivity contribution < 1.29 is 14.3 Å². The van der Waals surface area contributed by atoms with Crippen molar-refractivity contribution in [1.29, 1.82) is 0 Å². The maximum atomic E-state index is 12.1. The van der Waals surface area contributed by atoms with E-state index in [1.165, 1.54) is 0 Å². The molecule has 3 aromatic carbocycles. The molecule has 4 heteroatoms. The summed E-state index contributed by atoms with van der Waals surface area (Å²) in [7, 11) is 0. The summed E-state index contributed by atoms with van der Waals surface area (Å²) in [5, 5.41) is 0. The number of benzene rings is 3. The van der Waals surface area contributed by atoms with Crippen LogP contribution >= 0.6 is 15.9 Å². The van der Waals surface area contributed by atoms with Gasteiger partial charge in [-0.05, 0) is 47.5 Å². The fourth-order valence-electron chi connectivity index (χ4n) is 2.34. The monoisotopic (exact) mass is 396 g/mol. The number of hydrogen-bond acceptors (Lipinski definition) is 3. The molecule has 0 radical (unpaired) electrons. The van der Waals surface area contributed by atoms with Gasteiger partial charge in [-0.25, -0.2) is 4.79 Å². The van der Waals surface area contributed by atoms with Crippen LogP contribution in [0.1, 0.15) is 10.4 Å². The number of esters is 1. The third kappa shape index (κ3) is 4.94. The van der Waals surface area contributed by atoms with Crippen LogP contribution in [0.3, 0.4) is 0 Å². The fraction of sp³-hybridized carbons (Fsp3) is 0.0952. The number of carbonyl (C=O) groups excluding carboxylic acids is 1. The molecular formula is C21H17BrO3. The van der Waals surface area contributed by atoms with Crippen LogP contribution < -0.4 is 4.74 Å². The van der Waals surface area contributed by atoms with Gasteiger partial charge < -0.3 is 9.47 Å². The van der Waals surface area contributed by atoms with Gasteiger partial charge in [0.2, 0.25) is 0 Å². The average Bonchev–Trinajstić information content (AvgIpc) is 2.67. The highest BCUT2D eigenvalue weighted by Gasteiger charge is 2.07. The zero-order valence-corrected chi connectivity index (χ0v) is 15.1. The van der Waals surface area contributed by atoms with Gasteiger partial charge in [-0.2, -0.15) is 0 Å². The zero-order chi connectivity index (χ0) is 17.5. The van der Waals surface area contributed by atoms with E-state index in [-0.39, 0.29) is 12.6 Å². The normalized spacial score (nSPS) is 10.3. The Hall–Kier alpha value is -2.59. The fourth-order valence-corrected chi connectivity index (χ4v) is 2.60. The highest BCUT2D eigenvalue weighted by atomic mass is 79.9. The van der Waals surface area contributed by atoms with E-state index in [0.29, 0.717) is 12.2 Å². The van der Waals surface area contributed by atoms with Crippen molar-refractivity contribution in [2.24, 2.45) is 0 Å². The van der Waals surface area contributed by atoms with Crippen molar-refractivity contribution in [3.05, 3.63) is 88.9 Å². The SMILES string of the molecule is O=C(OCCOc1ccc(Br)cc1)c1ccc(-c2ccccc2)cc1. The summed E-state index contributed by atoms with van der Waals surface area (Å²) in [4.78, 5) is 12.1. The average molecular weight is 397 g/mol. The van der Waals surface area contributed by atoms with Crippen molar-refractivity contribution in [1.82, 2.24) is 0 Å². The second-order valence-corrected chi connectivity index (χ2v) is 6.30. The molecule has 0 spiro atoms. The summed E-state index contributed by atoms with van der Waals surface area (Å²) >= 11 is 3.37. The maximum Gasteiger partial charge on any atom is 0.338 e. The second kappa shape index (κ2) is 8.49. The van der Waals surface area contributed by atoms with Crippen molar-refractivity contribution in [3.8, 4) is 16.9 Å². The molecule has 0 unspecified atom stereocenters. The van der Waals surface area contributed by atoms with Crippen LogP contribution in [0.15, 0.2) is 83.3 Å². The predicted octanol–water partition coefficient (Wildman–Crippen LogP) is 5.35. The first-order chi connectivity index (χ1) is 12.2. The maximum absolute atomic E-state index is 12.1. The molecule has 0 saturated carbocycles. The number of ether oxygens (including phenoxy) is 2. The Bertz CT molecular complexity index is 812. The van der Waals surface area contributed by atoms with Crippen LogP contribution in [-0.4, -0.2) is 19.2 Å². The van der Waals surface area contributed by atoms with Crippen LogP contribution in [-0.2, 0) is 4.74 Å². The highest BCUT2D eigenvalue weighted by molar-refractivity contribution is 9.10. The van der Waals surface area contributed by atoms with Gasteiger partial charge in [-0.15, -0.1) is 0 Å². The van der Waals surface area contributed by atoms with Gasteiger partial charge in [-0.1, -0.05) is 58.4 Å². The molecule has 0 aliphatic heterocycles. The number of halogens is 1. The molecule has 3 nitrogen and oxygen atoms in total. The molecule has 0 atom stereocenters. The van der Waals surface area contributed by atoms with Gasteiger partial charge in [0.25, 0.3) is 0 Å². The molecule has 25 heavy (non-hydrogen) atoms. The number of rotatable bonds is 6. The van der Waals surface area contributed by atoms with Crippen LogP contribution in [0.4, 0.5) is 0 Å². The lowest BCUT2D eigenvalue weighted by Crippen LogP contribution is -2.12. The van der Waals surface area contributed by atoms with E-state index in [4.69, 9.17) is 9.47 Å². The third-order valence-corrected chi connectivity index (χ3v) is 4.16. The van der Waals surface area contributed by atoms with Crippen molar-refractivity contribution in [3.63, 3.8) is 0 Å². The van der Waals surface area contributed by atoms with Crippen molar-refractivity contribution in [2.75, 3.05) is 13.2 Å². The lowest BCUT2D eigenvalue weighted by atomic mass is 10.0. The van der Waals surface area contributed by atoms with Crippen LogP contribution in [0.5, 0.6) is 5.75 Å². The van der Waals surface area contributed by atoms with Crippen molar-refractivity contribution in [2.45, 2.75) is 0 Å². The van der Waals surface area contributed by atoms with Gasteiger partial charge in [-0.3, -0.25) is 0 Å². The molecule has 0 N–H and O–H groups in total. The summed E-state index contributed by atoms with van der Waals surface area (Å²) < 4.78 is 11.8. The minimum atomic E-state index is -0.348. The van der Waals surface area contributed by atoms with Gasteiger partial charge in [0.1, 0.15) is 19.0 Å². The molecule has 126 valence electrons. The molecule has 0 bridgehead atoms. The number of hydrogen-bond donors (Lipinski definition) is 0. The highest BCUT2D eigenvalue weighted by Crippen LogP contribution is 2.19. The summed E-state index contributed by atoms with van der Waals surface area (Å²) in [6.45, 7) is 0.519. The zero-order valence-electron chi connectivity index (χ0n) is 13.5. The van der Waals surface area contributed by atoms with Crippen LogP contribution in [0, 0.1) is 0 Å². The van der Waals surface area contributed by atoms with Gasteiger partial charge in [0.15, 0.2) is 0 Å². The first-order valence-electron chi connectivity index (χ1n) is 7.93. The van der Waals surface area contributed by atoms with Gasteiger partial charge >= 0.3 is 5.97 Å². The standard InChI is InChI=1S/C21H17BrO3/c22-19-10-12-20(13-11-19)24-14-15-25-21(23)18-8-6-17(7-9-18)16-4-2-1-3-5-16/h1-13H,14-15H2. The topological polar surface area (TPSA) is 35.5 Å². The molecule has 0 amide bonds. The summed E-state index contributed by atoms with van der Waals surface area (Å²) in [6.07, 6.45) is 0. The minimum Gasteiger partial charge on any atom is -0.490 e. The first kappa shape index (κ1) is 17.2. The molecule has 0 saturated heterocycles. The Labute approximate surface area is 155 Å². The molecule has 0 aromatic heterocycles. The largest absolute Gasteiger partial charge is 0.490 e. The number of carbonyl (C=O) groups is 1. The van der Waals surface area contributed by atoms with E-state index in [1.54, 1.807) is 12.1 Å². The molecule has 0 aliphatic carbocycles. The lowest BCUT2D eigenvalue weighted by molar-refractivity contribution is 0.0450. The van der Waals surface area contributed by atoms with E-state index in [1.807, 2.05) is 66.7 Å². The van der Waals surface area contributed by atoms with Gasteiger partial charge in [0.05, 0.1) is 5.56 Å². The second-order valence-electron chi connectivity index (χ2n) is 5.38. The van der Waals surface area contributed by atoms with E-state index in [9.17, 15) is 4.79 Å². The Morgan fingerprint density at radius 3 is 2.08 bits per heavy atom. The first-order valence-corrected chi connectivity index (χ1v) is 8.73. The predicted molar refractivity (Wildman–Crippen MR) is 102 cm³/mol. The minimum absolute atomic E-state index is 0.204. The van der Waals surface area contributed by atoms with E-state index < -0.39 is 0 Å². The van der Waals surface area contributed by atoms with E-state index >= 15 is 0 Å². The quantitative estimate of drug-likeness (QED) is 0.416. The van der Waals surface area contributed by atoms with E-state index in [2.05, 4.69) is 15.9 Å². The Balaban J connectivity index is 1.49. The Morgan fingerprint density at radius 1 is 0.760 bits per heavy atom. The molecule has 0 aliphatic rings. The molecular weight excluding hydrogens is 380 g/mol. The lowest BCUT2D eigenvalue weighted by Gasteiger charge is -2.08. The van der Waals surface area contributed by atoms with Crippen LogP contribution in [0.25, 0.3) is 11.1 Å². The molecule has 3 aromatic rings. The van der Waals surface area contributed by atoms with Gasteiger partial charge in [0, 0.05) is 4.47 Å². The van der Waals surface area contributed by atoms with Crippen LogP contribution in [0.2, 0.25) is 0 Å². The van der Waals surface area contributed by atoms with E-state index in [0.717, 1.165) is 21.3 Å². The Morgan fingerprint density at radius 2 is 1.40 bits per heavy atom.